The molecule has 0 saturated heterocycles. The number of aryl methyl sites for hydroxylation is 1. The Morgan fingerprint density at radius 3 is 2.80 bits per heavy atom. The smallest absolute Gasteiger partial charge is 0.330 e. The number of nitrogens with zero attached hydrogens (tertiary/aromatic N) is 2. The van der Waals surface area contributed by atoms with Gasteiger partial charge in [-0.05, 0) is 20.8 Å². The molecule has 8 heteroatoms. The zero-order chi connectivity index (χ0) is 14.9. The van der Waals surface area contributed by atoms with Gasteiger partial charge < -0.3 is 11.1 Å². The lowest BCUT2D eigenvalue weighted by atomic mass is 10.3. The topological polar surface area (TPSA) is 106 Å². The molecule has 2 aromatic rings. The number of hydrogen-bond acceptors (Lipinski definition) is 6. The zero-order valence-corrected chi connectivity index (χ0v) is 12.4. The van der Waals surface area contributed by atoms with Crippen LogP contribution in [0.5, 0.6) is 0 Å². The van der Waals surface area contributed by atoms with E-state index in [9.17, 15) is 9.59 Å². The third kappa shape index (κ3) is 2.60. The highest BCUT2D eigenvalue weighted by molar-refractivity contribution is 7.11. The van der Waals surface area contributed by atoms with Crippen molar-refractivity contribution >= 4 is 22.8 Å². The monoisotopic (exact) mass is 295 g/mol. The summed E-state index contributed by atoms with van der Waals surface area (Å²) in [4.78, 5) is 31.1. The molecule has 1 unspecified atom stereocenters. The van der Waals surface area contributed by atoms with Crippen molar-refractivity contribution in [1.29, 1.82) is 0 Å². The molecule has 0 radical (unpaired) electrons. The van der Waals surface area contributed by atoms with Crippen molar-refractivity contribution in [2.75, 3.05) is 11.1 Å². The molecule has 20 heavy (non-hydrogen) atoms. The number of nitrogens with one attached hydrogen (secondary N) is 2. The van der Waals surface area contributed by atoms with Crippen molar-refractivity contribution < 1.29 is 0 Å². The predicted octanol–water partition coefficient (Wildman–Crippen LogP) is 1.08. The van der Waals surface area contributed by atoms with Gasteiger partial charge in [-0.3, -0.25) is 14.3 Å². The second kappa shape index (κ2) is 5.49. The Labute approximate surface area is 119 Å². The highest BCUT2D eigenvalue weighted by Crippen LogP contribution is 2.23. The molecule has 0 saturated carbocycles. The molecule has 0 fully saturated rings. The minimum atomic E-state index is -0.516. The molecule has 1 atom stereocenters. The van der Waals surface area contributed by atoms with Crippen molar-refractivity contribution in [3.05, 3.63) is 36.9 Å². The molecular formula is C12H17N5O2S. The summed E-state index contributed by atoms with van der Waals surface area (Å²) < 4.78 is 1.31. The average molecular weight is 295 g/mol. The molecule has 0 aromatic carbocycles. The molecule has 0 aliphatic rings. The van der Waals surface area contributed by atoms with Gasteiger partial charge in [-0.2, -0.15) is 0 Å². The lowest BCUT2D eigenvalue weighted by molar-refractivity contribution is 0.703. The maximum atomic E-state index is 11.9. The largest absolute Gasteiger partial charge is 0.383 e. The Balaban J connectivity index is 2.39. The van der Waals surface area contributed by atoms with E-state index in [4.69, 9.17) is 5.73 Å². The number of rotatable bonds is 4. The fraction of sp³-hybridized carbons (Fsp3) is 0.417. The zero-order valence-electron chi connectivity index (χ0n) is 11.6. The van der Waals surface area contributed by atoms with Crippen LogP contribution in [0.4, 0.5) is 11.5 Å². The summed E-state index contributed by atoms with van der Waals surface area (Å²) in [5, 5.41) is 3.89. The molecule has 7 nitrogen and oxygen atoms in total. The number of aromatic amines is 1. The van der Waals surface area contributed by atoms with Gasteiger partial charge in [0, 0.05) is 17.6 Å². The number of thiazole rings is 1. The molecule has 0 spiro atoms. The Hall–Kier alpha value is -2.09. The first-order chi connectivity index (χ1) is 9.43. The van der Waals surface area contributed by atoms with Crippen LogP contribution in [0, 0.1) is 6.92 Å². The van der Waals surface area contributed by atoms with E-state index in [-0.39, 0.29) is 17.5 Å². The summed E-state index contributed by atoms with van der Waals surface area (Å²) in [5.74, 6) is 0.140. The van der Waals surface area contributed by atoms with Crippen LogP contribution in [-0.2, 0) is 6.54 Å². The lowest BCUT2D eigenvalue weighted by Crippen LogP contribution is -2.34. The van der Waals surface area contributed by atoms with Crippen molar-refractivity contribution in [1.82, 2.24) is 14.5 Å². The van der Waals surface area contributed by atoms with Gasteiger partial charge >= 0.3 is 5.69 Å². The quantitative estimate of drug-likeness (QED) is 0.782. The van der Waals surface area contributed by atoms with E-state index in [1.807, 2.05) is 13.8 Å². The van der Waals surface area contributed by atoms with E-state index in [0.717, 1.165) is 9.88 Å². The number of hydrogen-bond donors (Lipinski definition) is 3. The fourth-order valence-electron chi connectivity index (χ4n) is 1.89. The first-order valence-electron chi connectivity index (χ1n) is 6.25. The molecule has 2 aromatic heterocycles. The summed E-state index contributed by atoms with van der Waals surface area (Å²) in [6.07, 6.45) is 1.78. The highest BCUT2D eigenvalue weighted by atomic mass is 32.1. The standard InChI is InChI=1S/C12H17N5O2S/c1-4-17-9(13)8(10(18)16-12(17)19)15-7(3)11-14-5-6(2)20-11/h5,7,15H,4,13H2,1-3H3,(H,16,18,19). The van der Waals surface area contributed by atoms with E-state index >= 15 is 0 Å². The van der Waals surface area contributed by atoms with Crippen LogP contribution in [-0.4, -0.2) is 14.5 Å². The minimum Gasteiger partial charge on any atom is -0.383 e. The first-order valence-corrected chi connectivity index (χ1v) is 7.07. The highest BCUT2D eigenvalue weighted by Gasteiger charge is 2.16. The molecule has 0 bridgehead atoms. The summed E-state index contributed by atoms with van der Waals surface area (Å²) >= 11 is 1.54. The van der Waals surface area contributed by atoms with Crippen LogP contribution in [0.2, 0.25) is 0 Å². The Morgan fingerprint density at radius 1 is 1.55 bits per heavy atom. The second-order valence-corrected chi connectivity index (χ2v) is 5.71. The molecule has 0 aliphatic carbocycles. The lowest BCUT2D eigenvalue weighted by Gasteiger charge is -2.16. The second-order valence-electron chi connectivity index (χ2n) is 4.44. The summed E-state index contributed by atoms with van der Waals surface area (Å²) in [6, 6.07) is -0.167. The Kier molecular flexibility index (Phi) is 3.93. The van der Waals surface area contributed by atoms with Crippen LogP contribution in [0.3, 0.4) is 0 Å². The van der Waals surface area contributed by atoms with Crippen LogP contribution in [0.15, 0.2) is 15.8 Å². The summed E-state index contributed by atoms with van der Waals surface area (Å²) in [6.45, 7) is 6.03. The maximum Gasteiger partial charge on any atom is 0.330 e. The molecule has 4 N–H and O–H groups in total. The van der Waals surface area contributed by atoms with E-state index in [0.29, 0.717) is 6.54 Å². The number of nitrogen functional groups attached to an aromatic ring is 1. The molecule has 2 rings (SSSR count). The predicted molar refractivity (Wildman–Crippen MR) is 80.3 cm³/mol. The number of nitrogens with two attached hydrogens (primary N) is 1. The Bertz CT molecular complexity index is 730. The van der Waals surface area contributed by atoms with Gasteiger partial charge in [-0.25, -0.2) is 9.78 Å². The molecule has 2 heterocycles. The van der Waals surface area contributed by atoms with Crippen molar-refractivity contribution in [3.8, 4) is 0 Å². The van der Waals surface area contributed by atoms with Gasteiger partial charge in [0.25, 0.3) is 5.56 Å². The summed E-state index contributed by atoms with van der Waals surface area (Å²) in [7, 11) is 0. The SMILES string of the molecule is CCn1c(N)c(NC(C)c2ncc(C)s2)c(=O)[nH]c1=O. The van der Waals surface area contributed by atoms with Gasteiger partial charge in [0.1, 0.15) is 16.5 Å². The van der Waals surface area contributed by atoms with E-state index in [2.05, 4.69) is 15.3 Å². The van der Waals surface area contributed by atoms with Crippen molar-refractivity contribution in [2.45, 2.75) is 33.4 Å². The molecule has 0 aliphatic heterocycles. The first kappa shape index (κ1) is 14.3. The van der Waals surface area contributed by atoms with Crippen LogP contribution in [0.25, 0.3) is 0 Å². The number of H-pyrrole nitrogens is 1. The van der Waals surface area contributed by atoms with Gasteiger partial charge in [0.15, 0.2) is 0 Å². The van der Waals surface area contributed by atoms with Crippen molar-refractivity contribution in [2.24, 2.45) is 0 Å². The summed E-state index contributed by atoms with van der Waals surface area (Å²) in [5.41, 5.74) is 5.07. The van der Waals surface area contributed by atoms with Crippen LogP contribution in [0.1, 0.15) is 29.8 Å². The van der Waals surface area contributed by atoms with E-state index in [1.165, 1.54) is 4.57 Å². The fourth-order valence-corrected chi connectivity index (χ4v) is 2.67. The average Bonchev–Trinajstić information content (AvgIpc) is 2.81. The molecular weight excluding hydrogens is 278 g/mol. The van der Waals surface area contributed by atoms with Crippen LogP contribution >= 0.6 is 11.3 Å². The van der Waals surface area contributed by atoms with E-state index < -0.39 is 11.2 Å². The van der Waals surface area contributed by atoms with Crippen LogP contribution < -0.4 is 22.3 Å². The van der Waals surface area contributed by atoms with E-state index in [1.54, 1.807) is 24.5 Å². The molecule has 0 amide bonds. The number of aromatic nitrogens is 3. The third-order valence-electron chi connectivity index (χ3n) is 2.93. The molecule has 108 valence electrons. The normalized spacial score (nSPS) is 12.3. The minimum absolute atomic E-state index is 0.140. The van der Waals surface area contributed by atoms with Gasteiger partial charge in [-0.1, -0.05) is 0 Å². The van der Waals surface area contributed by atoms with Gasteiger partial charge in [-0.15, -0.1) is 11.3 Å². The number of anilines is 2. The Morgan fingerprint density at radius 2 is 2.25 bits per heavy atom. The van der Waals surface area contributed by atoms with Crippen molar-refractivity contribution in [3.63, 3.8) is 0 Å². The van der Waals surface area contributed by atoms with Gasteiger partial charge in [0.05, 0.1) is 6.04 Å². The maximum absolute atomic E-state index is 11.9. The van der Waals surface area contributed by atoms with Gasteiger partial charge in [0.2, 0.25) is 0 Å². The third-order valence-corrected chi connectivity index (χ3v) is 4.02.